The van der Waals surface area contributed by atoms with Crippen LogP contribution in [-0.2, 0) is 12.8 Å². The summed E-state index contributed by atoms with van der Waals surface area (Å²) in [6, 6.07) is 3.53. The minimum atomic E-state index is -0.310. The summed E-state index contributed by atoms with van der Waals surface area (Å²) >= 11 is 7.69. The minimum absolute atomic E-state index is 0.287. The van der Waals surface area contributed by atoms with Gasteiger partial charge in [-0.1, -0.05) is 19.9 Å². The Kier molecular flexibility index (Phi) is 4.62. The van der Waals surface area contributed by atoms with E-state index in [0.717, 1.165) is 17.5 Å². The van der Waals surface area contributed by atoms with Crippen molar-refractivity contribution in [3.05, 3.63) is 34.4 Å². The van der Waals surface area contributed by atoms with Gasteiger partial charge < -0.3 is 0 Å². The molecule has 0 amide bonds. The number of carbonyl (C=O) groups is 2. The molecule has 0 aromatic heterocycles. The second-order valence-corrected chi connectivity index (χ2v) is 4.26. The van der Waals surface area contributed by atoms with Crippen molar-refractivity contribution in [1.82, 2.24) is 0 Å². The topological polar surface area (TPSA) is 34.1 Å². The number of rotatable bonds is 4. The van der Waals surface area contributed by atoms with Crippen molar-refractivity contribution in [2.45, 2.75) is 26.7 Å². The lowest BCUT2D eigenvalue weighted by Gasteiger charge is -2.13. The molecule has 2 nitrogen and oxygen atoms in total. The van der Waals surface area contributed by atoms with Crippen molar-refractivity contribution < 1.29 is 9.59 Å². The number of hydrogen-bond donors (Lipinski definition) is 2. The lowest BCUT2D eigenvalue weighted by atomic mass is 9.94. The molecule has 0 saturated heterocycles. The molecule has 0 bridgehead atoms. The number of benzene rings is 1. The molecule has 0 atom stereocenters. The third kappa shape index (κ3) is 2.50. The molecular formula is C12H14O2S2. The Hall–Kier alpha value is -0.740. The highest BCUT2D eigenvalue weighted by molar-refractivity contribution is 7.97. The summed E-state index contributed by atoms with van der Waals surface area (Å²) in [6.07, 6.45) is 1.37. The Bertz CT molecular complexity index is 439. The standard InChI is InChI=1S/C12H14O2S2/c1-3-7-5-6-9(11(13)15)8(4-2)10(7)12(14)16/h5-6H,3-4H2,1-2H3,(H,13,15)(H,14,16). The summed E-state index contributed by atoms with van der Waals surface area (Å²) in [4.78, 5) is 22.8. The number of thiol groups is 2. The molecule has 0 aliphatic heterocycles. The Morgan fingerprint density at radius 3 is 2.06 bits per heavy atom. The monoisotopic (exact) mass is 254 g/mol. The molecule has 1 rings (SSSR count). The number of carbonyl (C=O) groups excluding carboxylic acids is 2. The van der Waals surface area contributed by atoms with E-state index < -0.39 is 0 Å². The van der Waals surface area contributed by atoms with Crippen molar-refractivity contribution in [2.24, 2.45) is 0 Å². The lowest BCUT2D eigenvalue weighted by molar-refractivity contribution is 0.108. The number of hydrogen-bond acceptors (Lipinski definition) is 2. The van der Waals surface area contributed by atoms with Crippen LogP contribution in [0.15, 0.2) is 12.1 Å². The Morgan fingerprint density at radius 1 is 1.06 bits per heavy atom. The summed E-state index contributed by atoms with van der Waals surface area (Å²) in [6.45, 7) is 3.88. The minimum Gasteiger partial charge on any atom is -0.282 e. The fourth-order valence-electron chi connectivity index (χ4n) is 1.82. The van der Waals surface area contributed by atoms with Crippen LogP contribution in [0.3, 0.4) is 0 Å². The summed E-state index contributed by atoms with van der Waals surface area (Å²) < 4.78 is 0. The van der Waals surface area contributed by atoms with Crippen LogP contribution in [0.25, 0.3) is 0 Å². The summed E-state index contributed by atoms with van der Waals surface area (Å²) in [5.41, 5.74) is 2.74. The Balaban J connectivity index is 3.56. The van der Waals surface area contributed by atoms with Gasteiger partial charge in [-0.15, -0.1) is 25.3 Å². The van der Waals surface area contributed by atoms with Crippen LogP contribution in [0.4, 0.5) is 0 Å². The quantitative estimate of drug-likeness (QED) is 0.810. The zero-order chi connectivity index (χ0) is 12.3. The molecule has 1 aromatic rings. The highest BCUT2D eigenvalue weighted by Gasteiger charge is 2.17. The van der Waals surface area contributed by atoms with Crippen LogP contribution in [-0.4, -0.2) is 10.2 Å². The van der Waals surface area contributed by atoms with Crippen molar-refractivity contribution in [3.63, 3.8) is 0 Å². The molecule has 0 N–H and O–H groups in total. The van der Waals surface area contributed by atoms with Gasteiger partial charge in [0.05, 0.1) is 0 Å². The van der Waals surface area contributed by atoms with Gasteiger partial charge in [0.25, 0.3) is 0 Å². The molecule has 16 heavy (non-hydrogen) atoms. The molecule has 0 heterocycles. The van der Waals surface area contributed by atoms with E-state index in [1.54, 1.807) is 12.1 Å². The molecule has 86 valence electrons. The maximum atomic E-state index is 11.5. The van der Waals surface area contributed by atoms with E-state index in [1.165, 1.54) is 0 Å². The van der Waals surface area contributed by atoms with Crippen LogP contribution < -0.4 is 0 Å². The van der Waals surface area contributed by atoms with Crippen LogP contribution >= 0.6 is 25.3 Å². The first kappa shape index (κ1) is 13.3. The predicted octanol–water partition coefficient (Wildman–Crippen LogP) is 2.95. The van der Waals surface area contributed by atoms with E-state index in [1.807, 2.05) is 13.8 Å². The molecule has 0 saturated carbocycles. The van der Waals surface area contributed by atoms with E-state index >= 15 is 0 Å². The van der Waals surface area contributed by atoms with Gasteiger partial charge in [-0.05, 0) is 30.0 Å². The zero-order valence-corrected chi connectivity index (χ0v) is 11.1. The summed E-state index contributed by atoms with van der Waals surface area (Å²) in [5.74, 6) is 0. The van der Waals surface area contributed by atoms with Crippen molar-refractivity contribution >= 4 is 35.5 Å². The Morgan fingerprint density at radius 2 is 1.69 bits per heavy atom. The Labute approximate surface area is 106 Å². The zero-order valence-electron chi connectivity index (χ0n) is 9.28. The lowest BCUT2D eigenvalue weighted by Crippen LogP contribution is -2.08. The maximum absolute atomic E-state index is 11.5. The van der Waals surface area contributed by atoms with Gasteiger partial charge in [-0.3, -0.25) is 9.59 Å². The fourth-order valence-corrected chi connectivity index (χ4v) is 2.31. The van der Waals surface area contributed by atoms with E-state index in [-0.39, 0.29) is 10.2 Å². The van der Waals surface area contributed by atoms with E-state index in [4.69, 9.17) is 0 Å². The van der Waals surface area contributed by atoms with E-state index in [2.05, 4.69) is 25.3 Å². The molecule has 0 fully saturated rings. The fraction of sp³-hybridized carbons (Fsp3) is 0.333. The molecule has 4 heteroatoms. The smallest absolute Gasteiger partial charge is 0.216 e. The molecule has 0 aliphatic rings. The molecule has 0 radical (unpaired) electrons. The molecule has 0 unspecified atom stereocenters. The molecule has 1 aromatic carbocycles. The first-order chi connectivity index (χ1) is 7.52. The van der Waals surface area contributed by atoms with Gasteiger partial charge in [-0.25, -0.2) is 0 Å². The van der Waals surface area contributed by atoms with Crippen LogP contribution in [0.1, 0.15) is 45.7 Å². The second-order valence-electron chi connectivity index (χ2n) is 3.44. The molecule has 0 aliphatic carbocycles. The van der Waals surface area contributed by atoms with Gasteiger partial charge in [0.15, 0.2) is 0 Å². The first-order valence-electron chi connectivity index (χ1n) is 5.14. The highest BCUT2D eigenvalue weighted by Crippen LogP contribution is 2.23. The van der Waals surface area contributed by atoms with Gasteiger partial charge in [0.2, 0.25) is 10.2 Å². The normalized spacial score (nSPS) is 10.2. The van der Waals surface area contributed by atoms with Crippen LogP contribution in [0.5, 0.6) is 0 Å². The highest BCUT2D eigenvalue weighted by atomic mass is 32.1. The van der Waals surface area contributed by atoms with Crippen LogP contribution in [0, 0.1) is 0 Å². The third-order valence-corrected chi connectivity index (χ3v) is 3.04. The van der Waals surface area contributed by atoms with Crippen molar-refractivity contribution in [3.8, 4) is 0 Å². The maximum Gasteiger partial charge on any atom is 0.216 e. The predicted molar refractivity (Wildman–Crippen MR) is 71.8 cm³/mol. The number of aryl methyl sites for hydroxylation is 1. The molecular weight excluding hydrogens is 240 g/mol. The molecule has 0 spiro atoms. The second kappa shape index (κ2) is 5.55. The van der Waals surface area contributed by atoms with Gasteiger partial charge in [0, 0.05) is 11.1 Å². The third-order valence-electron chi connectivity index (χ3n) is 2.58. The van der Waals surface area contributed by atoms with Crippen molar-refractivity contribution in [2.75, 3.05) is 0 Å². The summed E-state index contributed by atoms with van der Waals surface area (Å²) in [5, 5.41) is -0.597. The largest absolute Gasteiger partial charge is 0.282 e. The van der Waals surface area contributed by atoms with Gasteiger partial charge in [0.1, 0.15) is 0 Å². The van der Waals surface area contributed by atoms with E-state index in [9.17, 15) is 9.59 Å². The van der Waals surface area contributed by atoms with E-state index in [0.29, 0.717) is 17.5 Å². The van der Waals surface area contributed by atoms with Gasteiger partial charge >= 0.3 is 0 Å². The van der Waals surface area contributed by atoms with Crippen LogP contribution in [0.2, 0.25) is 0 Å². The first-order valence-corrected chi connectivity index (χ1v) is 6.03. The van der Waals surface area contributed by atoms with Crippen molar-refractivity contribution in [1.29, 1.82) is 0 Å². The average Bonchev–Trinajstić information content (AvgIpc) is 2.26. The van der Waals surface area contributed by atoms with Gasteiger partial charge in [-0.2, -0.15) is 0 Å². The summed E-state index contributed by atoms with van der Waals surface area (Å²) in [7, 11) is 0. The SMILES string of the molecule is CCc1ccc(C(=O)S)c(CC)c1C(=O)S. The average molecular weight is 254 g/mol.